The number of amides is 1. The fourth-order valence-electron chi connectivity index (χ4n) is 3.46. The zero-order valence-electron chi connectivity index (χ0n) is 14.6. The Morgan fingerprint density at radius 1 is 1.07 bits per heavy atom. The van der Waals surface area contributed by atoms with Crippen LogP contribution in [0.4, 0.5) is 4.39 Å². The smallest absolute Gasteiger partial charge is 0.274 e. The van der Waals surface area contributed by atoms with Gasteiger partial charge in [-0.25, -0.2) is 9.37 Å². The Balaban J connectivity index is 1.63. The summed E-state index contributed by atoms with van der Waals surface area (Å²) >= 11 is 0. The summed E-state index contributed by atoms with van der Waals surface area (Å²) in [5, 5.41) is 0. The molecular weight excluding hydrogens is 345 g/mol. The molecule has 0 unspecified atom stereocenters. The Hall–Kier alpha value is -3.22. The normalized spacial score (nSPS) is 16.9. The summed E-state index contributed by atoms with van der Waals surface area (Å²) < 4.78 is 14.3. The van der Waals surface area contributed by atoms with Crippen LogP contribution in [0.25, 0.3) is 11.3 Å². The minimum absolute atomic E-state index is 0.0114. The number of carbonyl (C=O) groups is 1. The van der Waals surface area contributed by atoms with Crippen LogP contribution in [-0.2, 0) is 0 Å². The lowest BCUT2D eigenvalue weighted by Crippen LogP contribution is -2.39. The summed E-state index contributed by atoms with van der Waals surface area (Å²) in [7, 11) is 0. The van der Waals surface area contributed by atoms with Crippen molar-refractivity contribution in [3.8, 4) is 11.3 Å². The monoisotopic (exact) mass is 363 g/mol. The van der Waals surface area contributed by atoms with Crippen LogP contribution in [0.5, 0.6) is 0 Å². The number of aromatic nitrogens is 4. The van der Waals surface area contributed by atoms with Crippen molar-refractivity contribution in [2.45, 2.75) is 18.8 Å². The highest BCUT2D eigenvalue weighted by atomic mass is 19.1. The van der Waals surface area contributed by atoms with Gasteiger partial charge in [-0.1, -0.05) is 12.1 Å². The van der Waals surface area contributed by atoms with Crippen LogP contribution in [0.3, 0.4) is 0 Å². The lowest BCUT2D eigenvalue weighted by atomic mass is 9.91. The molecule has 1 fully saturated rings. The van der Waals surface area contributed by atoms with Crippen molar-refractivity contribution in [1.82, 2.24) is 24.8 Å². The van der Waals surface area contributed by atoms with E-state index in [9.17, 15) is 9.18 Å². The molecular formula is C20H18FN5O. The van der Waals surface area contributed by atoms with E-state index < -0.39 is 0 Å². The fourth-order valence-corrected chi connectivity index (χ4v) is 3.46. The van der Waals surface area contributed by atoms with E-state index in [0.29, 0.717) is 30.0 Å². The van der Waals surface area contributed by atoms with E-state index in [-0.39, 0.29) is 17.6 Å². The Bertz CT molecular complexity index is 950. The van der Waals surface area contributed by atoms with Gasteiger partial charge in [-0.05, 0) is 25.0 Å². The maximum absolute atomic E-state index is 14.3. The van der Waals surface area contributed by atoms with Gasteiger partial charge in [0.05, 0.1) is 17.6 Å². The van der Waals surface area contributed by atoms with Crippen LogP contribution < -0.4 is 0 Å². The van der Waals surface area contributed by atoms with Crippen molar-refractivity contribution in [2.24, 2.45) is 0 Å². The van der Waals surface area contributed by atoms with Gasteiger partial charge in [0, 0.05) is 49.4 Å². The highest BCUT2D eigenvalue weighted by molar-refractivity contribution is 5.92. The second-order valence-corrected chi connectivity index (χ2v) is 6.45. The third-order valence-corrected chi connectivity index (χ3v) is 4.73. The van der Waals surface area contributed by atoms with E-state index in [1.807, 2.05) is 0 Å². The second-order valence-electron chi connectivity index (χ2n) is 6.45. The minimum Gasteiger partial charge on any atom is -0.337 e. The molecule has 1 aliphatic rings. The van der Waals surface area contributed by atoms with Gasteiger partial charge >= 0.3 is 0 Å². The molecule has 27 heavy (non-hydrogen) atoms. The molecule has 0 spiro atoms. The Morgan fingerprint density at radius 3 is 2.70 bits per heavy atom. The first-order chi connectivity index (χ1) is 13.2. The highest BCUT2D eigenvalue weighted by Crippen LogP contribution is 2.33. The van der Waals surface area contributed by atoms with Gasteiger partial charge in [-0.15, -0.1) is 0 Å². The van der Waals surface area contributed by atoms with Gasteiger partial charge in [0.1, 0.15) is 11.5 Å². The summed E-state index contributed by atoms with van der Waals surface area (Å²) in [6.45, 7) is 1.15. The second kappa shape index (κ2) is 7.57. The molecule has 0 aliphatic carbocycles. The van der Waals surface area contributed by atoms with Crippen LogP contribution in [0.1, 0.15) is 34.9 Å². The number of halogens is 1. The summed E-state index contributed by atoms with van der Waals surface area (Å²) in [6.07, 6.45) is 9.40. The first-order valence-electron chi connectivity index (χ1n) is 8.85. The Kier molecular flexibility index (Phi) is 4.82. The van der Waals surface area contributed by atoms with Gasteiger partial charge in [0.15, 0.2) is 0 Å². The number of hydrogen-bond donors (Lipinski definition) is 0. The summed E-state index contributed by atoms with van der Waals surface area (Å²) in [6, 6.07) is 6.55. The molecule has 0 N–H and O–H groups in total. The summed E-state index contributed by atoms with van der Waals surface area (Å²) in [5.74, 6) is -0.491. The molecule has 0 radical (unpaired) electrons. The summed E-state index contributed by atoms with van der Waals surface area (Å²) in [5.41, 5.74) is 2.01. The molecule has 1 aliphatic heterocycles. The van der Waals surface area contributed by atoms with E-state index >= 15 is 0 Å². The lowest BCUT2D eigenvalue weighted by molar-refractivity contribution is 0.0699. The molecule has 3 aromatic rings. The number of carbonyl (C=O) groups excluding carboxylic acids is 1. The number of likely N-dealkylation sites (tertiary alicyclic amines) is 1. The van der Waals surface area contributed by atoms with E-state index in [0.717, 1.165) is 18.5 Å². The molecule has 136 valence electrons. The van der Waals surface area contributed by atoms with Crippen LogP contribution in [0.15, 0.2) is 55.2 Å². The van der Waals surface area contributed by atoms with Gasteiger partial charge in [0.2, 0.25) is 0 Å². The van der Waals surface area contributed by atoms with Crippen molar-refractivity contribution in [3.05, 3.63) is 72.5 Å². The summed E-state index contributed by atoms with van der Waals surface area (Å²) in [4.78, 5) is 31.4. The molecule has 2 aromatic heterocycles. The maximum atomic E-state index is 14.3. The van der Waals surface area contributed by atoms with E-state index in [2.05, 4.69) is 19.9 Å². The molecule has 7 heteroatoms. The van der Waals surface area contributed by atoms with Crippen LogP contribution in [0, 0.1) is 5.82 Å². The topological polar surface area (TPSA) is 71.9 Å². The number of rotatable bonds is 3. The third kappa shape index (κ3) is 3.53. The van der Waals surface area contributed by atoms with Gasteiger partial charge in [-0.3, -0.25) is 19.7 Å². The standard InChI is InChI=1S/C20H18FN5O/c21-16-6-2-1-5-15(16)19-18(24-9-10-25-19)14-4-3-11-26(13-14)20(27)17-12-22-7-8-23-17/h1-2,5-10,12,14H,3-4,11,13H2/t14-/m0/s1. The van der Waals surface area contributed by atoms with Gasteiger partial charge in [0.25, 0.3) is 5.91 Å². The van der Waals surface area contributed by atoms with E-state index in [1.165, 1.54) is 24.7 Å². The molecule has 1 atom stereocenters. The lowest BCUT2D eigenvalue weighted by Gasteiger charge is -2.32. The minimum atomic E-state index is -0.331. The maximum Gasteiger partial charge on any atom is 0.274 e. The van der Waals surface area contributed by atoms with Crippen molar-refractivity contribution < 1.29 is 9.18 Å². The molecule has 0 saturated carbocycles. The Labute approximate surface area is 156 Å². The zero-order valence-corrected chi connectivity index (χ0v) is 14.6. The molecule has 1 aromatic carbocycles. The number of hydrogen-bond acceptors (Lipinski definition) is 5. The largest absolute Gasteiger partial charge is 0.337 e. The van der Waals surface area contributed by atoms with Crippen molar-refractivity contribution in [2.75, 3.05) is 13.1 Å². The molecule has 6 nitrogen and oxygen atoms in total. The van der Waals surface area contributed by atoms with Crippen molar-refractivity contribution in [3.63, 3.8) is 0 Å². The quantitative estimate of drug-likeness (QED) is 0.715. The molecule has 0 bridgehead atoms. The molecule has 3 heterocycles. The Morgan fingerprint density at radius 2 is 1.89 bits per heavy atom. The van der Waals surface area contributed by atoms with Crippen molar-refractivity contribution in [1.29, 1.82) is 0 Å². The fraction of sp³-hybridized carbons (Fsp3) is 0.250. The SMILES string of the molecule is O=C(c1cnccn1)N1CCC[C@H](c2nccnc2-c2ccccc2F)C1. The molecule has 4 rings (SSSR count). The van der Waals surface area contributed by atoms with E-state index in [1.54, 1.807) is 35.5 Å². The average Bonchev–Trinajstić information content (AvgIpc) is 2.74. The van der Waals surface area contributed by atoms with Crippen LogP contribution in [-0.4, -0.2) is 43.8 Å². The average molecular weight is 363 g/mol. The van der Waals surface area contributed by atoms with Gasteiger partial charge in [-0.2, -0.15) is 0 Å². The zero-order chi connectivity index (χ0) is 18.6. The van der Waals surface area contributed by atoms with Crippen LogP contribution in [0.2, 0.25) is 0 Å². The first kappa shape index (κ1) is 17.2. The number of nitrogens with zero attached hydrogens (tertiary/aromatic N) is 5. The third-order valence-electron chi connectivity index (χ3n) is 4.73. The number of piperidine rings is 1. The molecule has 1 amide bonds. The van der Waals surface area contributed by atoms with E-state index in [4.69, 9.17) is 0 Å². The number of benzene rings is 1. The van der Waals surface area contributed by atoms with Gasteiger partial charge < -0.3 is 4.90 Å². The first-order valence-corrected chi connectivity index (χ1v) is 8.85. The predicted molar refractivity (Wildman–Crippen MR) is 97.3 cm³/mol. The van der Waals surface area contributed by atoms with Crippen LogP contribution >= 0.6 is 0 Å². The van der Waals surface area contributed by atoms with Crippen molar-refractivity contribution >= 4 is 5.91 Å². The highest BCUT2D eigenvalue weighted by Gasteiger charge is 2.29. The predicted octanol–water partition coefficient (Wildman–Crippen LogP) is 3.09. The molecule has 1 saturated heterocycles.